The van der Waals surface area contributed by atoms with Gasteiger partial charge in [-0.25, -0.2) is 0 Å². The first kappa shape index (κ1) is 23.3. The van der Waals surface area contributed by atoms with Crippen LogP contribution in [0.3, 0.4) is 0 Å². The molecule has 29 heavy (non-hydrogen) atoms. The Morgan fingerprint density at radius 2 is 2.07 bits per heavy atom. The highest BCUT2D eigenvalue weighted by Crippen LogP contribution is 2.28. The number of nitrogens with zero attached hydrogens (tertiary/aromatic N) is 3. The van der Waals surface area contributed by atoms with Crippen molar-refractivity contribution < 1.29 is 17.9 Å². The molecule has 0 saturated carbocycles. The van der Waals surface area contributed by atoms with Gasteiger partial charge in [-0.3, -0.25) is 9.89 Å². The summed E-state index contributed by atoms with van der Waals surface area (Å²) in [5, 5.41) is 6.48. The third-order valence-electron chi connectivity index (χ3n) is 4.90. The van der Waals surface area contributed by atoms with E-state index in [-0.39, 0.29) is 12.1 Å². The lowest BCUT2D eigenvalue weighted by molar-refractivity contribution is -0.143. The molecule has 1 saturated heterocycles. The molecule has 0 spiro atoms. The van der Waals surface area contributed by atoms with Crippen LogP contribution < -0.4 is 15.4 Å². The lowest BCUT2D eigenvalue weighted by Gasteiger charge is -2.25. The normalized spacial score (nSPS) is 19.4. The van der Waals surface area contributed by atoms with Crippen LogP contribution in [0.15, 0.2) is 29.3 Å². The summed E-state index contributed by atoms with van der Waals surface area (Å²) < 4.78 is 43.3. The fourth-order valence-corrected chi connectivity index (χ4v) is 3.52. The third-order valence-corrected chi connectivity index (χ3v) is 4.90. The van der Waals surface area contributed by atoms with Crippen molar-refractivity contribution >= 4 is 5.96 Å². The van der Waals surface area contributed by atoms with Gasteiger partial charge in [-0.05, 0) is 33.5 Å². The number of benzene rings is 1. The van der Waals surface area contributed by atoms with Gasteiger partial charge in [0, 0.05) is 31.2 Å². The van der Waals surface area contributed by atoms with Crippen molar-refractivity contribution in [2.45, 2.75) is 31.6 Å². The van der Waals surface area contributed by atoms with Crippen LogP contribution in [0.5, 0.6) is 5.75 Å². The Kier molecular flexibility index (Phi) is 8.58. The Hall–Kier alpha value is -2.00. The third kappa shape index (κ3) is 7.40. The molecule has 1 fully saturated rings. The molecular formula is C20H32F3N5O. The van der Waals surface area contributed by atoms with E-state index in [0.29, 0.717) is 38.6 Å². The molecule has 1 aromatic rings. The number of hydrogen-bond acceptors (Lipinski definition) is 4. The highest BCUT2D eigenvalue weighted by molar-refractivity contribution is 5.80. The topological polar surface area (TPSA) is 52.1 Å². The van der Waals surface area contributed by atoms with Gasteiger partial charge in [-0.1, -0.05) is 18.2 Å². The van der Waals surface area contributed by atoms with Crippen molar-refractivity contribution in [2.24, 2.45) is 4.99 Å². The van der Waals surface area contributed by atoms with Gasteiger partial charge in [-0.15, -0.1) is 0 Å². The van der Waals surface area contributed by atoms with E-state index in [0.717, 1.165) is 11.3 Å². The van der Waals surface area contributed by atoms with Crippen molar-refractivity contribution in [1.29, 1.82) is 0 Å². The molecular weight excluding hydrogens is 383 g/mol. The highest BCUT2D eigenvalue weighted by Gasteiger charge is 2.34. The van der Waals surface area contributed by atoms with Gasteiger partial charge in [0.1, 0.15) is 5.75 Å². The summed E-state index contributed by atoms with van der Waals surface area (Å²) in [6.07, 6.45) is -3.51. The van der Waals surface area contributed by atoms with Crippen molar-refractivity contribution in [3.63, 3.8) is 0 Å². The summed E-state index contributed by atoms with van der Waals surface area (Å²) in [6.45, 7) is 3.04. The van der Waals surface area contributed by atoms with Crippen LogP contribution in [-0.4, -0.2) is 81.9 Å². The average molecular weight is 416 g/mol. The maximum Gasteiger partial charge on any atom is 0.401 e. The van der Waals surface area contributed by atoms with E-state index in [1.807, 2.05) is 45.3 Å². The van der Waals surface area contributed by atoms with Gasteiger partial charge >= 0.3 is 6.18 Å². The summed E-state index contributed by atoms with van der Waals surface area (Å²) in [4.78, 5) is 8.21. The summed E-state index contributed by atoms with van der Waals surface area (Å²) in [5.74, 6) is 1.42. The number of hydrogen-bond donors (Lipinski definition) is 2. The molecule has 9 heteroatoms. The molecule has 2 unspecified atom stereocenters. The molecule has 6 nitrogen and oxygen atoms in total. The number of guanidine groups is 1. The lowest BCUT2D eigenvalue weighted by Crippen LogP contribution is -2.45. The first-order valence-corrected chi connectivity index (χ1v) is 9.86. The van der Waals surface area contributed by atoms with Crippen molar-refractivity contribution in [1.82, 2.24) is 20.4 Å². The number of likely N-dealkylation sites (N-methyl/N-ethyl adjacent to an activating group) is 1. The average Bonchev–Trinajstić information content (AvgIpc) is 3.07. The Morgan fingerprint density at radius 1 is 1.34 bits per heavy atom. The second kappa shape index (κ2) is 10.7. The number of nitrogens with one attached hydrogen (secondary N) is 2. The summed E-state index contributed by atoms with van der Waals surface area (Å²) in [5.41, 5.74) is 1.04. The maximum atomic E-state index is 12.6. The van der Waals surface area contributed by atoms with Crippen LogP contribution in [-0.2, 0) is 0 Å². The van der Waals surface area contributed by atoms with Gasteiger partial charge in [0.05, 0.1) is 26.2 Å². The Morgan fingerprint density at radius 3 is 2.69 bits per heavy atom. The monoisotopic (exact) mass is 415 g/mol. The van der Waals surface area contributed by atoms with E-state index >= 15 is 0 Å². The van der Waals surface area contributed by atoms with E-state index in [4.69, 9.17) is 9.73 Å². The largest absolute Gasteiger partial charge is 0.496 e. The minimum Gasteiger partial charge on any atom is -0.496 e. The number of methoxy groups -OCH3 is 1. The SMILES string of the molecule is CCNC(=NCC(c1ccccc1OC)N(C)C)NC1CCN(CC(F)(F)F)C1. The van der Waals surface area contributed by atoms with Crippen LogP contribution in [0.25, 0.3) is 0 Å². The number of halogens is 3. The molecule has 1 aromatic carbocycles. The van der Waals surface area contributed by atoms with E-state index in [1.54, 1.807) is 7.11 Å². The molecule has 1 heterocycles. The number of likely N-dealkylation sites (tertiary alicyclic amines) is 1. The predicted octanol–water partition coefficient (Wildman–Crippen LogP) is 2.49. The molecule has 0 aliphatic carbocycles. The Bertz CT molecular complexity index is 666. The second-order valence-corrected chi connectivity index (χ2v) is 7.42. The molecule has 0 radical (unpaired) electrons. The fraction of sp³-hybridized carbons (Fsp3) is 0.650. The zero-order valence-electron chi connectivity index (χ0n) is 17.6. The van der Waals surface area contributed by atoms with E-state index < -0.39 is 12.7 Å². The van der Waals surface area contributed by atoms with Gasteiger partial charge in [0.25, 0.3) is 0 Å². The van der Waals surface area contributed by atoms with Crippen molar-refractivity contribution in [2.75, 3.05) is 53.9 Å². The minimum absolute atomic E-state index is 0.00640. The second-order valence-electron chi connectivity index (χ2n) is 7.42. The summed E-state index contributed by atoms with van der Waals surface area (Å²) in [7, 11) is 5.62. The first-order chi connectivity index (χ1) is 13.7. The zero-order valence-corrected chi connectivity index (χ0v) is 17.6. The summed E-state index contributed by atoms with van der Waals surface area (Å²) in [6, 6.07) is 7.79. The van der Waals surface area contributed by atoms with Gasteiger partial charge < -0.3 is 20.3 Å². The van der Waals surface area contributed by atoms with Crippen LogP contribution in [0.2, 0.25) is 0 Å². The molecule has 2 N–H and O–H groups in total. The van der Waals surface area contributed by atoms with Crippen LogP contribution in [0, 0.1) is 0 Å². The number of ether oxygens (including phenoxy) is 1. The first-order valence-electron chi connectivity index (χ1n) is 9.86. The van der Waals surface area contributed by atoms with Crippen LogP contribution in [0.4, 0.5) is 13.2 Å². The van der Waals surface area contributed by atoms with Crippen LogP contribution in [0.1, 0.15) is 24.9 Å². The number of rotatable bonds is 8. The smallest absolute Gasteiger partial charge is 0.401 e. The van der Waals surface area contributed by atoms with Crippen molar-refractivity contribution in [3.05, 3.63) is 29.8 Å². The standard InChI is InChI=1S/C20H32F3N5O/c1-5-24-19(26-15-10-11-28(13-15)14-20(21,22)23)25-12-17(27(2)3)16-8-6-7-9-18(16)29-4/h6-9,15,17H,5,10-14H2,1-4H3,(H2,24,25,26). The molecule has 164 valence electrons. The van der Waals surface area contributed by atoms with E-state index in [9.17, 15) is 13.2 Å². The molecule has 0 amide bonds. The quantitative estimate of drug-likeness (QED) is 0.505. The Balaban J connectivity index is 2.05. The number of alkyl halides is 3. The molecule has 0 bridgehead atoms. The lowest BCUT2D eigenvalue weighted by atomic mass is 10.0. The molecule has 2 atom stereocenters. The number of para-hydroxylation sites is 1. The molecule has 1 aliphatic rings. The van der Waals surface area contributed by atoms with Gasteiger partial charge in [0.15, 0.2) is 5.96 Å². The predicted molar refractivity (Wildman–Crippen MR) is 109 cm³/mol. The van der Waals surface area contributed by atoms with Gasteiger partial charge in [0.2, 0.25) is 0 Å². The molecule has 1 aliphatic heterocycles. The van der Waals surface area contributed by atoms with E-state index in [2.05, 4.69) is 15.5 Å². The minimum atomic E-state index is -4.17. The van der Waals surface area contributed by atoms with Gasteiger partial charge in [-0.2, -0.15) is 13.2 Å². The highest BCUT2D eigenvalue weighted by atomic mass is 19.4. The van der Waals surface area contributed by atoms with Crippen LogP contribution >= 0.6 is 0 Å². The molecule has 2 rings (SSSR count). The summed E-state index contributed by atoms with van der Waals surface area (Å²) >= 11 is 0. The maximum absolute atomic E-state index is 12.6. The molecule has 0 aromatic heterocycles. The van der Waals surface area contributed by atoms with Crippen molar-refractivity contribution in [3.8, 4) is 5.75 Å². The fourth-order valence-electron chi connectivity index (χ4n) is 3.52. The zero-order chi connectivity index (χ0) is 21.4. The number of aliphatic imine (C=N–C) groups is 1. The Labute approximate surface area is 171 Å². The van der Waals surface area contributed by atoms with E-state index in [1.165, 1.54) is 4.90 Å².